The van der Waals surface area contributed by atoms with E-state index in [4.69, 9.17) is 12.2 Å². The quantitative estimate of drug-likeness (QED) is 0.370. The molecule has 0 aromatic rings. The van der Waals surface area contributed by atoms with E-state index in [1.807, 2.05) is 0 Å². The number of carbonyl (C=O) groups is 2. The zero-order valence-corrected chi connectivity index (χ0v) is 9.16. The van der Waals surface area contributed by atoms with E-state index in [-0.39, 0.29) is 6.61 Å². The fraction of sp³-hybridized carbons (Fsp3) is 0.600. The molecule has 0 aliphatic heterocycles. The van der Waals surface area contributed by atoms with Crippen molar-refractivity contribution in [1.29, 1.82) is 0 Å². The molecule has 0 saturated carbocycles. The number of rotatable bonds is 4. The van der Waals surface area contributed by atoms with Crippen LogP contribution in [-0.4, -0.2) is 30.1 Å². The summed E-state index contributed by atoms with van der Waals surface area (Å²) in [6, 6.07) is -1.34. The molecule has 0 radical (unpaired) electrons. The highest BCUT2D eigenvalue weighted by Crippen LogP contribution is 1.99. The maximum Gasteiger partial charge on any atom is 0.332 e. The Morgan fingerprint density at radius 3 is 2.53 bits per heavy atom. The zero-order chi connectivity index (χ0) is 12.1. The lowest BCUT2D eigenvalue weighted by Crippen LogP contribution is -2.53. The molecule has 0 heterocycles. The van der Waals surface area contributed by atoms with E-state index in [9.17, 15) is 9.59 Å². The van der Waals surface area contributed by atoms with E-state index in [0.29, 0.717) is 0 Å². The van der Waals surface area contributed by atoms with Crippen LogP contribution in [0.25, 0.3) is 0 Å². The molecule has 5 heteroatoms. The summed E-state index contributed by atoms with van der Waals surface area (Å²) in [5, 5.41) is 2.44. The van der Waals surface area contributed by atoms with E-state index in [1.54, 1.807) is 20.8 Å². The molecule has 1 atom stereocenters. The van der Waals surface area contributed by atoms with Crippen LogP contribution in [-0.2, 0) is 14.3 Å². The van der Waals surface area contributed by atoms with Crippen molar-refractivity contribution in [3.8, 4) is 12.3 Å². The molecule has 0 aromatic heterocycles. The van der Waals surface area contributed by atoms with Gasteiger partial charge in [-0.1, -0.05) is 5.92 Å². The topological polar surface area (TPSA) is 81.4 Å². The molecule has 1 unspecified atom stereocenters. The average molecular weight is 212 g/mol. The Hall–Kier alpha value is -1.54. The van der Waals surface area contributed by atoms with Gasteiger partial charge in [0.2, 0.25) is 5.91 Å². The number of carbonyl (C=O) groups excluding carboxylic acids is 2. The van der Waals surface area contributed by atoms with Crippen molar-refractivity contribution in [2.75, 3.05) is 6.61 Å². The third-order valence-electron chi connectivity index (χ3n) is 1.62. The second-order valence-corrected chi connectivity index (χ2v) is 3.49. The number of nitrogens with one attached hydrogen (secondary N) is 1. The molecule has 0 aromatic carbocycles. The van der Waals surface area contributed by atoms with Crippen LogP contribution >= 0.6 is 0 Å². The van der Waals surface area contributed by atoms with Crippen LogP contribution in [0.2, 0.25) is 0 Å². The Morgan fingerprint density at radius 1 is 1.60 bits per heavy atom. The van der Waals surface area contributed by atoms with Gasteiger partial charge in [0.05, 0.1) is 12.1 Å². The molecule has 0 aliphatic carbocycles. The summed E-state index contributed by atoms with van der Waals surface area (Å²) in [4.78, 5) is 22.5. The number of hydrogen-bond donors (Lipinski definition) is 2. The highest BCUT2D eigenvalue weighted by Gasteiger charge is 2.27. The van der Waals surface area contributed by atoms with Crippen LogP contribution in [0.15, 0.2) is 0 Å². The first-order valence-electron chi connectivity index (χ1n) is 4.56. The number of amides is 1. The maximum absolute atomic E-state index is 11.4. The number of ether oxygens (including phenoxy) is 1. The normalized spacial score (nSPS) is 12.5. The van der Waals surface area contributed by atoms with Gasteiger partial charge in [-0.05, 0) is 20.8 Å². The van der Waals surface area contributed by atoms with Gasteiger partial charge in [0.15, 0.2) is 6.04 Å². The molecule has 1 amide bonds. The van der Waals surface area contributed by atoms with Crippen molar-refractivity contribution >= 4 is 11.9 Å². The van der Waals surface area contributed by atoms with Crippen LogP contribution in [0, 0.1) is 12.3 Å². The molecule has 0 fully saturated rings. The Morgan fingerprint density at radius 2 is 2.13 bits per heavy atom. The van der Waals surface area contributed by atoms with Crippen molar-refractivity contribution in [3.05, 3.63) is 0 Å². The third kappa shape index (κ3) is 4.47. The summed E-state index contributed by atoms with van der Waals surface area (Å²) in [6.45, 7) is 5.07. The van der Waals surface area contributed by atoms with E-state index >= 15 is 0 Å². The molecular formula is C10H16N2O3. The summed E-state index contributed by atoms with van der Waals surface area (Å²) in [6.07, 6.45) is 5.17. The zero-order valence-electron chi connectivity index (χ0n) is 9.16. The monoisotopic (exact) mass is 212 g/mol. The highest BCUT2D eigenvalue weighted by molar-refractivity contribution is 6.02. The van der Waals surface area contributed by atoms with Gasteiger partial charge in [-0.15, -0.1) is 6.42 Å². The Balaban J connectivity index is 4.36. The molecular weight excluding hydrogens is 196 g/mol. The van der Waals surface area contributed by atoms with Gasteiger partial charge in [-0.2, -0.15) is 0 Å². The molecule has 5 nitrogen and oxygen atoms in total. The van der Waals surface area contributed by atoms with Crippen molar-refractivity contribution in [3.63, 3.8) is 0 Å². The first-order chi connectivity index (χ1) is 6.84. The van der Waals surface area contributed by atoms with Crippen molar-refractivity contribution in [1.82, 2.24) is 5.32 Å². The minimum atomic E-state index is -1.34. The minimum Gasteiger partial charge on any atom is -0.464 e. The third-order valence-corrected chi connectivity index (χ3v) is 1.62. The molecule has 0 aliphatic rings. The van der Waals surface area contributed by atoms with Crippen LogP contribution < -0.4 is 11.1 Å². The van der Waals surface area contributed by atoms with Crippen LogP contribution in [0.3, 0.4) is 0 Å². The van der Waals surface area contributed by atoms with Crippen LogP contribution in [0.4, 0.5) is 0 Å². The van der Waals surface area contributed by atoms with Gasteiger partial charge >= 0.3 is 5.97 Å². The number of terminal acetylenes is 1. The lowest BCUT2D eigenvalue weighted by atomic mass is 10.1. The molecule has 0 saturated heterocycles. The van der Waals surface area contributed by atoms with Crippen molar-refractivity contribution in [2.24, 2.45) is 5.73 Å². The van der Waals surface area contributed by atoms with Crippen LogP contribution in [0.5, 0.6) is 0 Å². The SMILES string of the molecule is C#CC(C)(C)NC(=O)C(N)C(=O)OCC. The largest absolute Gasteiger partial charge is 0.464 e. The van der Waals surface area contributed by atoms with Gasteiger partial charge in [-0.3, -0.25) is 4.79 Å². The van der Waals surface area contributed by atoms with E-state index in [1.165, 1.54) is 0 Å². The second kappa shape index (κ2) is 5.37. The van der Waals surface area contributed by atoms with E-state index < -0.39 is 23.5 Å². The van der Waals surface area contributed by atoms with Gasteiger partial charge < -0.3 is 15.8 Å². The number of nitrogens with two attached hydrogens (primary N) is 1. The molecule has 0 spiro atoms. The van der Waals surface area contributed by atoms with Crippen LogP contribution in [0.1, 0.15) is 20.8 Å². The average Bonchev–Trinajstić information content (AvgIpc) is 2.16. The van der Waals surface area contributed by atoms with Gasteiger partial charge in [0.1, 0.15) is 0 Å². The molecule has 3 N–H and O–H groups in total. The summed E-state index contributed by atoms with van der Waals surface area (Å²) in [5.41, 5.74) is 4.52. The molecule has 0 bridgehead atoms. The highest BCUT2D eigenvalue weighted by atomic mass is 16.5. The lowest BCUT2D eigenvalue weighted by molar-refractivity contribution is -0.148. The van der Waals surface area contributed by atoms with E-state index in [0.717, 1.165) is 0 Å². The lowest BCUT2D eigenvalue weighted by Gasteiger charge is -2.21. The van der Waals surface area contributed by atoms with Gasteiger partial charge in [-0.25, -0.2) is 4.79 Å². The Bertz CT molecular complexity index is 292. The Labute approximate surface area is 89.3 Å². The number of esters is 1. The standard InChI is InChI=1S/C10H16N2O3/c1-5-10(3,4)12-8(13)7(11)9(14)15-6-2/h1,7H,6,11H2,2-4H3,(H,12,13). The predicted molar refractivity (Wildman–Crippen MR) is 55.7 cm³/mol. The number of hydrogen-bond acceptors (Lipinski definition) is 4. The first-order valence-corrected chi connectivity index (χ1v) is 4.56. The van der Waals surface area contributed by atoms with E-state index in [2.05, 4.69) is 16.0 Å². The molecule has 84 valence electrons. The summed E-state index contributed by atoms with van der Waals surface area (Å²) in [7, 11) is 0. The summed E-state index contributed by atoms with van der Waals surface area (Å²) in [5.74, 6) is 0.955. The minimum absolute atomic E-state index is 0.179. The molecule has 15 heavy (non-hydrogen) atoms. The van der Waals surface area contributed by atoms with Crippen molar-refractivity contribution < 1.29 is 14.3 Å². The second-order valence-electron chi connectivity index (χ2n) is 3.49. The smallest absolute Gasteiger partial charge is 0.332 e. The summed E-state index contributed by atoms with van der Waals surface area (Å²) < 4.78 is 4.60. The fourth-order valence-electron chi connectivity index (χ4n) is 0.761. The first kappa shape index (κ1) is 13.5. The van der Waals surface area contributed by atoms with Crippen molar-refractivity contribution in [2.45, 2.75) is 32.4 Å². The fourth-order valence-corrected chi connectivity index (χ4v) is 0.761. The predicted octanol–water partition coefficient (Wildman–Crippen LogP) is -0.595. The maximum atomic E-state index is 11.4. The van der Waals surface area contributed by atoms with Gasteiger partial charge in [0.25, 0.3) is 0 Å². The Kier molecular flexibility index (Phi) is 4.82. The molecule has 0 rings (SSSR count). The van der Waals surface area contributed by atoms with Gasteiger partial charge in [0, 0.05) is 0 Å². The summed E-state index contributed by atoms with van der Waals surface area (Å²) >= 11 is 0.